The summed E-state index contributed by atoms with van der Waals surface area (Å²) in [5.74, 6) is 0. The predicted octanol–water partition coefficient (Wildman–Crippen LogP) is 3.04. The van der Waals surface area contributed by atoms with E-state index < -0.39 is 17.5 Å². The van der Waals surface area contributed by atoms with Crippen LogP contribution in [0.3, 0.4) is 0 Å². The van der Waals surface area contributed by atoms with Gasteiger partial charge in [-0.2, -0.15) is 13.2 Å². The minimum absolute atomic E-state index is 0.00129. The number of nitro groups is 1. The molecule has 0 fully saturated rings. The fourth-order valence-corrected chi connectivity index (χ4v) is 1.42. The minimum atomic E-state index is -4.18. The molecule has 0 bridgehead atoms. The lowest BCUT2D eigenvalue weighted by Gasteiger charge is -2.07. The summed E-state index contributed by atoms with van der Waals surface area (Å²) in [5.41, 5.74) is 5.84. The largest absolute Gasteiger partial charge is 0.393 e. The lowest BCUT2D eigenvalue weighted by atomic mass is 10.2. The van der Waals surface area contributed by atoms with Crippen LogP contribution < -0.4 is 5.73 Å². The van der Waals surface area contributed by atoms with E-state index in [2.05, 4.69) is 0 Å². The van der Waals surface area contributed by atoms with Crippen molar-refractivity contribution in [3.05, 3.63) is 33.9 Å². The van der Waals surface area contributed by atoms with E-state index in [0.717, 1.165) is 0 Å². The lowest BCUT2D eigenvalue weighted by Crippen LogP contribution is -2.08. The topological polar surface area (TPSA) is 78.4 Å². The van der Waals surface area contributed by atoms with Crippen LogP contribution in [0, 0.1) is 10.1 Å². The van der Waals surface area contributed by atoms with E-state index in [1.165, 1.54) is 18.2 Å². The van der Waals surface area contributed by atoms with Crippen molar-refractivity contribution in [2.24, 2.45) is 0 Å². The Morgan fingerprint density at radius 1 is 1.37 bits per heavy atom. The van der Waals surface area contributed by atoms with Crippen molar-refractivity contribution in [1.82, 2.24) is 0 Å². The van der Waals surface area contributed by atoms with Gasteiger partial charge >= 0.3 is 6.18 Å². The van der Waals surface area contributed by atoms with Crippen molar-refractivity contribution in [2.75, 3.05) is 12.3 Å². The zero-order valence-electron chi connectivity index (χ0n) is 9.94. The number of hydrogen-bond donors (Lipinski definition) is 1. The minimum Gasteiger partial charge on any atom is -0.393 e. The van der Waals surface area contributed by atoms with Crippen LogP contribution in [-0.4, -0.2) is 17.7 Å². The van der Waals surface area contributed by atoms with Gasteiger partial charge in [-0.15, -0.1) is 0 Å². The van der Waals surface area contributed by atoms with E-state index in [9.17, 15) is 23.3 Å². The zero-order valence-corrected chi connectivity index (χ0v) is 9.94. The Bertz CT molecular complexity index is 449. The number of anilines is 1. The number of nitrogens with zero attached hydrogens (tertiary/aromatic N) is 1. The molecule has 19 heavy (non-hydrogen) atoms. The summed E-state index contributed by atoms with van der Waals surface area (Å²) in [6.45, 7) is 0.0381. The van der Waals surface area contributed by atoms with Gasteiger partial charge in [-0.25, -0.2) is 0 Å². The molecular formula is C11H13F3N2O3. The first-order valence-corrected chi connectivity index (χ1v) is 5.47. The number of nitrogen functional groups attached to an aromatic ring is 1. The number of benzene rings is 1. The molecule has 1 rings (SSSR count). The third kappa shape index (κ3) is 5.56. The maximum atomic E-state index is 11.8. The average molecular weight is 278 g/mol. The first-order chi connectivity index (χ1) is 8.79. The molecule has 0 aliphatic heterocycles. The van der Waals surface area contributed by atoms with Crippen LogP contribution in [0.5, 0.6) is 0 Å². The molecule has 0 saturated carbocycles. The third-order valence-electron chi connectivity index (χ3n) is 2.31. The molecule has 0 unspecified atom stereocenters. The van der Waals surface area contributed by atoms with Crippen molar-refractivity contribution in [1.29, 1.82) is 0 Å². The van der Waals surface area contributed by atoms with Crippen molar-refractivity contribution >= 4 is 11.4 Å². The SMILES string of the molecule is Nc1cc(COCCCC(F)(F)F)ccc1[N+](=O)[O-]. The second kappa shape index (κ2) is 6.37. The molecule has 8 heteroatoms. The van der Waals surface area contributed by atoms with Crippen LogP contribution in [0.4, 0.5) is 24.5 Å². The molecule has 0 spiro atoms. The summed E-state index contributed by atoms with van der Waals surface area (Å²) >= 11 is 0. The second-order valence-electron chi connectivity index (χ2n) is 3.92. The van der Waals surface area contributed by atoms with Crippen molar-refractivity contribution in [3.63, 3.8) is 0 Å². The van der Waals surface area contributed by atoms with Gasteiger partial charge in [0.15, 0.2) is 0 Å². The Labute approximate surface area is 107 Å². The molecule has 0 aliphatic carbocycles. The number of alkyl halides is 3. The number of ether oxygens (including phenoxy) is 1. The van der Waals surface area contributed by atoms with Crippen LogP contribution >= 0.6 is 0 Å². The van der Waals surface area contributed by atoms with Crippen molar-refractivity contribution in [2.45, 2.75) is 25.6 Å². The van der Waals surface area contributed by atoms with Gasteiger partial charge in [0.2, 0.25) is 0 Å². The van der Waals surface area contributed by atoms with Crippen LogP contribution in [0.25, 0.3) is 0 Å². The van der Waals surface area contributed by atoms with Crippen LogP contribution in [0.2, 0.25) is 0 Å². The number of nitro benzene ring substituents is 1. The molecule has 0 atom stereocenters. The van der Waals surface area contributed by atoms with E-state index in [1.807, 2.05) is 0 Å². The number of hydrogen-bond acceptors (Lipinski definition) is 4. The molecule has 0 saturated heterocycles. The Morgan fingerprint density at radius 3 is 2.58 bits per heavy atom. The molecular weight excluding hydrogens is 265 g/mol. The fourth-order valence-electron chi connectivity index (χ4n) is 1.42. The van der Waals surface area contributed by atoms with E-state index >= 15 is 0 Å². The summed E-state index contributed by atoms with van der Waals surface area (Å²) in [7, 11) is 0. The molecule has 0 radical (unpaired) electrons. The molecule has 0 amide bonds. The Hall–Kier alpha value is -1.83. The van der Waals surface area contributed by atoms with Crippen LogP contribution in [-0.2, 0) is 11.3 Å². The van der Waals surface area contributed by atoms with Gasteiger partial charge in [0.25, 0.3) is 5.69 Å². The van der Waals surface area contributed by atoms with E-state index in [-0.39, 0.29) is 31.0 Å². The summed E-state index contributed by atoms with van der Waals surface area (Å²) in [6.07, 6.45) is -5.19. The maximum absolute atomic E-state index is 11.8. The van der Waals surface area contributed by atoms with Gasteiger partial charge in [-0.1, -0.05) is 0 Å². The number of rotatable bonds is 6. The highest BCUT2D eigenvalue weighted by Gasteiger charge is 2.25. The third-order valence-corrected chi connectivity index (χ3v) is 2.31. The number of halogens is 3. The predicted molar refractivity (Wildman–Crippen MR) is 62.5 cm³/mol. The summed E-state index contributed by atoms with van der Waals surface area (Å²) in [5, 5.41) is 10.5. The Kier molecular flexibility index (Phi) is 5.11. The maximum Gasteiger partial charge on any atom is 0.389 e. The normalized spacial score (nSPS) is 11.5. The Balaban J connectivity index is 2.38. The molecule has 0 heterocycles. The van der Waals surface area contributed by atoms with Gasteiger partial charge in [0.1, 0.15) is 5.69 Å². The van der Waals surface area contributed by atoms with Crippen molar-refractivity contribution in [3.8, 4) is 0 Å². The standard InChI is InChI=1S/C11H13F3N2O3/c12-11(13,14)4-1-5-19-7-8-2-3-10(16(17)18)9(15)6-8/h2-3,6H,1,4-5,7,15H2. The van der Waals surface area contributed by atoms with Crippen LogP contribution in [0.1, 0.15) is 18.4 Å². The smallest absolute Gasteiger partial charge is 0.389 e. The molecule has 2 N–H and O–H groups in total. The molecule has 0 aromatic heterocycles. The Morgan fingerprint density at radius 2 is 2.05 bits per heavy atom. The van der Waals surface area contributed by atoms with Gasteiger partial charge < -0.3 is 10.5 Å². The van der Waals surface area contributed by atoms with Gasteiger partial charge in [0.05, 0.1) is 11.5 Å². The van der Waals surface area contributed by atoms with Crippen LogP contribution in [0.15, 0.2) is 18.2 Å². The molecule has 1 aromatic carbocycles. The number of nitrogens with two attached hydrogens (primary N) is 1. The lowest BCUT2D eigenvalue weighted by molar-refractivity contribution is -0.383. The first kappa shape index (κ1) is 15.2. The zero-order chi connectivity index (χ0) is 14.5. The fraction of sp³-hybridized carbons (Fsp3) is 0.455. The average Bonchev–Trinajstić information content (AvgIpc) is 2.26. The highest BCUT2D eigenvalue weighted by atomic mass is 19.4. The van der Waals surface area contributed by atoms with Crippen molar-refractivity contribution < 1.29 is 22.8 Å². The second-order valence-corrected chi connectivity index (χ2v) is 3.92. The summed E-state index contributed by atoms with van der Waals surface area (Å²) in [6, 6.07) is 4.07. The quantitative estimate of drug-likeness (QED) is 0.375. The first-order valence-electron chi connectivity index (χ1n) is 5.47. The van der Waals surface area contributed by atoms with Gasteiger partial charge in [0, 0.05) is 19.1 Å². The molecule has 106 valence electrons. The van der Waals surface area contributed by atoms with E-state index in [4.69, 9.17) is 10.5 Å². The summed E-state index contributed by atoms with van der Waals surface area (Å²) < 4.78 is 40.6. The highest BCUT2D eigenvalue weighted by Crippen LogP contribution is 2.23. The van der Waals surface area contributed by atoms with E-state index in [1.54, 1.807) is 0 Å². The van der Waals surface area contributed by atoms with Gasteiger partial charge in [-0.05, 0) is 24.1 Å². The molecule has 0 aliphatic rings. The van der Waals surface area contributed by atoms with Gasteiger partial charge in [-0.3, -0.25) is 10.1 Å². The molecule has 1 aromatic rings. The van der Waals surface area contributed by atoms with E-state index in [0.29, 0.717) is 5.56 Å². The summed E-state index contributed by atoms with van der Waals surface area (Å²) in [4.78, 5) is 9.91. The molecule has 5 nitrogen and oxygen atoms in total. The monoisotopic (exact) mass is 278 g/mol. The highest BCUT2D eigenvalue weighted by molar-refractivity contribution is 5.59.